The van der Waals surface area contributed by atoms with Gasteiger partial charge in [-0.3, -0.25) is 4.98 Å². The lowest BCUT2D eigenvalue weighted by molar-refractivity contribution is 0.218. The molecule has 3 heteroatoms. The van der Waals surface area contributed by atoms with Gasteiger partial charge >= 0.3 is 0 Å². The molecule has 1 aromatic rings. The van der Waals surface area contributed by atoms with Crippen LogP contribution in [0.4, 0.5) is 0 Å². The van der Waals surface area contributed by atoms with Crippen LogP contribution in [0.1, 0.15) is 50.9 Å². The molecular weight excluding hydrogens is 226 g/mol. The molecule has 0 radical (unpaired) electrons. The van der Waals surface area contributed by atoms with Crippen molar-refractivity contribution in [2.45, 2.75) is 53.1 Å². The van der Waals surface area contributed by atoms with Gasteiger partial charge in [0, 0.05) is 5.69 Å². The van der Waals surface area contributed by atoms with Crippen LogP contribution in [0.5, 0.6) is 5.75 Å². The predicted molar refractivity (Wildman–Crippen MR) is 73.7 cm³/mol. The molecule has 0 aliphatic rings. The molecule has 0 saturated heterocycles. The molecular formula is C15H25NO2. The molecule has 1 rings (SSSR count). The monoisotopic (exact) mass is 251 g/mol. The summed E-state index contributed by atoms with van der Waals surface area (Å²) in [5, 5.41) is 9.26. The van der Waals surface area contributed by atoms with Crippen LogP contribution in [0.3, 0.4) is 0 Å². The van der Waals surface area contributed by atoms with Gasteiger partial charge in [0.25, 0.3) is 0 Å². The van der Waals surface area contributed by atoms with E-state index in [0.29, 0.717) is 18.2 Å². The van der Waals surface area contributed by atoms with E-state index in [1.54, 1.807) is 0 Å². The third kappa shape index (κ3) is 4.65. The Labute approximate surface area is 110 Å². The molecule has 1 heterocycles. The summed E-state index contributed by atoms with van der Waals surface area (Å²) in [6, 6.07) is 3.82. The van der Waals surface area contributed by atoms with Gasteiger partial charge in [-0.15, -0.1) is 0 Å². The SMILES string of the molecule is CCCCC(CC)COc1ccc(C)nc1CO. The number of aliphatic hydroxyl groups excluding tert-OH is 1. The maximum absolute atomic E-state index is 9.26. The van der Waals surface area contributed by atoms with Crippen LogP contribution >= 0.6 is 0 Å². The fraction of sp³-hybridized carbons (Fsp3) is 0.667. The van der Waals surface area contributed by atoms with E-state index < -0.39 is 0 Å². The van der Waals surface area contributed by atoms with Gasteiger partial charge in [-0.05, 0) is 31.4 Å². The lowest BCUT2D eigenvalue weighted by atomic mass is 10.0. The van der Waals surface area contributed by atoms with Crippen molar-refractivity contribution in [3.8, 4) is 5.75 Å². The Morgan fingerprint density at radius 2 is 2.11 bits per heavy atom. The van der Waals surface area contributed by atoms with Crippen LogP contribution in [0.2, 0.25) is 0 Å². The fourth-order valence-electron chi connectivity index (χ4n) is 1.95. The number of pyridine rings is 1. The zero-order valence-electron chi connectivity index (χ0n) is 11.8. The Hall–Kier alpha value is -1.09. The van der Waals surface area contributed by atoms with E-state index in [1.165, 1.54) is 19.3 Å². The molecule has 18 heavy (non-hydrogen) atoms. The molecule has 0 spiro atoms. The van der Waals surface area contributed by atoms with Gasteiger partial charge in [0.15, 0.2) is 0 Å². The standard InChI is InChI=1S/C15H25NO2/c1-4-6-7-13(5-2)11-18-15-9-8-12(3)16-14(15)10-17/h8-9,13,17H,4-7,10-11H2,1-3H3. The molecule has 102 valence electrons. The third-order valence-electron chi connectivity index (χ3n) is 3.24. The molecule has 1 atom stereocenters. The van der Waals surface area contributed by atoms with Crippen LogP contribution in [-0.4, -0.2) is 16.7 Å². The second-order valence-electron chi connectivity index (χ2n) is 4.78. The molecule has 1 N–H and O–H groups in total. The first-order valence-electron chi connectivity index (χ1n) is 6.91. The first-order chi connectivity index (χ1) is 8.71. The highest BCUT2D eigenvalue weighted by Gasteiger charge is 2.10. The predicted octanol–water partition coefficient (Wildman–Crippen LogP) is 3.48. The minimum atomic E-state index is -0.0667. The lowest BCUT2D eigenvalue weighted by Gasteiger charge is -2.16. The molecule has 1 unspecified atom stereocenters. The topological polar surface area (TPSA) is 42.4 Å². The normalized spacial score (nSPS) is 12.4. The Balaban J connectivity index is 2.56. The molecule has 1 aromatic heterocycles. The number of aryl methyl sites for hydroxylation is 1. The number of unbranched alkanes of at least 4 members (excludes halogenated alkanes) is 1. The van der Waals surface area contributed by atoms with E-state index in [4.69, 9.17) is 4.74 Å². The van der Waals surface area contributed by atoms with Crippen LogP contribution in [-0.2, 0) is 6.61 Å². The maximum atomic E-state index is 9.26. The fourth-order valence-corrected chi connectivity index (χ4v) is 1.95. The second kappa shape index (κ2) is 8.09. The molecule has 0 amide bonds. The van der Waals surface area contributed by atoms with Gasteiger partial charge < -0.3 is 9.84 Å². The van der Waals surface area contributed by atoms with Gasteiger partial charge in [-0.2, -0.15) is 0 Å². The summed E-state index contributed by atoms with van der Waals surface area (Å²) in [5.74, 6) is 1.32. The van der Waals surface area contributed by atoms with E-state index in [-0.39, 0.29) is 6.61 Å². The van der Waals surface area contributed by atoms with Gasteiger partial charge in [0.2, 0.25) is 0 Å². The van der Waals surface area contributed by atoms with Crippen molar-refractivity contribution in [1.82, 2.24) is 4.98 Å². The minimum Gasteiger partial charge on any atom is -0.491 e. The number of rotatable bonds is 8. The highest BCUT2D eigenvalue weighted by Crippen LogP contribution is 2.20. The van der Waals surface area contributed by atoms with Crippen molar-refractivity contribution >= 4 is 0 Å². The summed E-state index contributed by atoms with van der Waals surface area (Å²) in [6.45, 7) is 6.97. The number of aliphatic hydroxyl groups is 1. The maximum Gasteiger partial charge on any atom is 0.143 e. The van der Waals surface area contributed by atoms with Crippen molar-refractivity contribution in [3.05, 3.63) is 23.5 Å². The summed E-state index contributed by atoms with van der Waals surface area (Å²) in [4.78, 5) is 4.28. The van der Waals surface area contributed by atoms with Gasteiger partial charge in [-0.25, -0.2) is 0 Å². The summed E-state index contributed by atoms with van der Waals surface area (Å²) in [6.07, 6.45) is 4.82. The quantitative estimate of drug-likeness (QED) is 0.769. The summed E-state index contributed by atoms with van der Waals surface area (Å²) >= 11 is 0. The molecule has 0 saturated carbocycles. The van der Waals surface area contributed by atoms with E-state index in [9.17, 15) is 5.11 Å². The van der Waals surface area contributed by atoms with Crippen LogP contribution in [0.15, 0.2) is 12.1 Å². The zero-order valence-corrected chi connectivity index (χ0v) is 11.8. The summed E-state index contributed by atoms with van der Waals surface area (Å²) in [7, 11) is 0. The minimum absolute atomic E-state index is 0.0667. The van der Waals surface area contributed by atoms with E-state index in [2.05, 4.69) is 18.8 Å². The van der Waals surface area contributed by atoms with E-state index in [1.807, 2.05) is 19.1 Å². The first kappa shape index (κ1) is 15.0. The van der Waals surface area contributed by atoms with Gasteiger partial charge in [0.05, 0.1) is 13.2 Å². The van der Waals surface area contributed by atoms with Crippen molar-refractivity contribution in [2.24, 2.45) is 5.92 Å². The zero-order chi connectivity index (χ0) is 13.4. The van der Waals surface area contributed by atoms with Crippen molar-refractivity contribution in [1.29, 1.82) is 0 Å². The molecule has 0 aliphatic heterocycles. The smallest absolute Gasteiger partial charge is 0.143 e. The summed E-state index contributed by atoms with van der Waals surface area (Å²) < 4.78 is 5.81. The largest absolute Gasteiger partial charge is 0.491 e. The van der Waals surface area contributed by atoms with Crippen LogP contribution in [0, 0.1) is 12.8 Å². The van der Waals surface area contributed by atoms with Crippen molar-refractivity contribution in [2.75, 3.05) is 6.61 Å². The molecule has 0 fully saturated rings. The van der Waals surface area contributed by atoms with Crippen molar-refractivity contribution < 1.29 is 9.84 Å². The molecule has 0 aliphatic carbocycles. The third-order valence-corrected chi connectivity index (χ3v) is 3.24. The second-order valence-corrected chi connectivity index (χ2v) is 4.78. The first-order valence-corrected chi connectivity index (χ1v) is 6.91. The number of aromatic nitrogens is 1. The van der Waals surface area contributed by atoms with Crippen LogP contribution < -0.4 is 4.74 Å². The highest BCUT2D eigenvalue weighted by atomic mass is 16.5. The molecule has 0 aromatic carbocycles. The molecule has 3 nitrogen and oxygen atoms in total. The Kier molecular flexibility index (Phi) is 6.73. The average molecular weight is 251 g/mol. The number of ether oxygens (including phenoxy) is 1. The number of nitrogens with zero attached hydrogens (tertiary/aromatic N) is 1. The van der Waals surface area contributed by atoms with Gasteiger partial charge in [-0.1, -0.05) is 33.1 Å². The number of hydrogen-bond acceptors (Lipinski definition) is 3. The van der Waals surface area contributed by atoms with Crippen molar-refractivity contribution in [3.63, 3.8) is 0 Å². The Morgan fingerprint density at radius 1 is 1.33 bits per heavy atom. The Bertz CT molecular complexity index is 352. The lowest BCUT2D eigenvalue weighted by Crippen LogP contribution is -2.12. The van der Waals surface area contributed by atoms with Crippen LogP contribution in [0.25, 0.3) is 0 Å². The highest BCUT2D eigenvalue weighted by molar-refractivity contribution is 5.28. The molecule has 0 bridgehead atoms. The average Bonchev–Trinajstić information content (AvgIpc) is 2.40. The number of hydrogen-bond donors (Lipinski definition) is 1. The van der Waals surface area contributed by atoms with E-state index in [0.717, 1.165) is 17.9 Å². The van der Waals surface area contributed by atoms with E-state index >= 15 is 0 Å². The summed E-state index contributed by atoms with van der Waals surface area (Å²) in [5.41, 5.74) is 1.55. The Morgan fingerprint density at radius 3 is 2.72 bits per heavy atom. The van der Waals surface area contributed by atoms with Gasteiger partial charge in [0.1, 0.15) is 11.4 Å².